The number of anilines is 1. The predicted octanol–water partition coefficient (Wildman–Crippen LogP) is 3.19. The van der Waals surface area contributed by atoms with Crippen molar-refractivity contribution in [3.63, 3.8) is 0 Å². The Morgan fingerprint density at radius 2 is 2.00 bits per heavy atom. The summed E-state index contributed by atoms with van der Waals surface area (Å²) < 4.78 is 0. The van der Waals surface area contributed by atoms with Gasteiger partial charge in [-0.1, -0.05) is 20.8 Å². The van der Waals surface area contributed by atoms with Crippen molar-refractivity contribution in [2.24, 2.45) is 5.41 Å². The van der Waals surface area contributed by atoms with Crippen LogP contribution in [-0.2, 0) is 0 Å². The molecule has 0 aliphatic heterocycles. The molecule has 21 heavy (non-hydrogen) atoms. The zero-order chi connectivity index (χ0) is 16.0. The summed E-state index contributed by atoms with van der Waals surface area (Å²) in [5.41, 5.74) is 0.704. The van der Waals surface area contributed by atoms with Crippen molar-refractivity contribution in [1.29, 1.82) is 0 Å². The molecule has 0 aliphatic carbocycles. The lowest BCUT2D eigenvalue weighted by molar-refractivity contribution is -0.384. The number of nitro groups is 1. The van der Waals surface area contributed by atoms with Crippen LogP contribution in [0, 0.1) is 15.5 Å². The summed E-state index contributed by atoms with van der Waals surface area (Å²) in [6.45, 7) is 9.18. The van der Waals surface area contributed by atoms with Crippen LogP contribution in [0.4, 0.5) is 11.4 Å². The topological polar surface area (TPSA) is 84.3 Å². The van der Waals surface area contributed by atoms with Crippen LogP contribution in [0.25, 0.3) is 0 Å². The molecule has 6 nitrogen and oxygen atoms in total. The fourth-order valence-corrected chi connectivity index (χ4v) is 1.70. The van der Waals surface area contributed by atoms with Crippen LogP contribution in [0.15, 0.2) is 18.2 Å². The maximum Gasteiger partial charge on any atom is 0.293 e. The molecular weight excluding hydrogens is 270 g/mol. The van der Waals surface area contributed by atoms with Gasteiger partial charge in [0.1, 0.15) is 5.69 Å². The molecule has 0 radical (unpaired) electrons. The molecule has 0 fully saturated rings. The number of carbonyl (C=O) groups is 1. The Morgan fingerprint density at radius 1 is 1.33 bits per heavy atom. The Bertz CT molecular complexity index is 527. The van der Waals surface area contributed by atoms with Gasteiger partial charge in [0.2, 0.25) is 0 Å². The second kappa shape index (κ2) is 7.06. The van der Waals surface area contributed by atoms with Gasteiger partial charge in [-0.15, -0.1) is 0 Å². The van der Waals surface area contributed by atoms with Crippen molar-refractivity contribution in [1.82, 2.24) is 5.32 Å². The maximum absolute atomic E-state index is 11.7. The number of nitrogens with one attached hydrogen (secondary N) is 2. The van der Waals surface area contributed by atoms with E-state index in [9.17, 15) is 14.9 Å². The molecule has 1 amide bonds. The molecule has 0 aromatic heterocycles. The summed E-state index contributed by atoms with van der Waals surface area (Å²) in [5, 5.41) is 16.9. The quantitative estimate of drug-likeness (QED) is 0.597. The first kappa shape index (κ1) is 16.9. The molecule has 2 N–H and O–H groups in total. The van der Waals surface area contributed by atoms with Crippen molar-refractivity contribution >= 4 is 17.3 Å². The van der Waals surface area contributed by atoms with Gasteiger partial charge in [-0.2, -0.15) is 0 Å². The fraction of sp³-hybridized carbons (Fsp3) is 0.533. The highest BCUT2D eigenvalue weighted by Gasteiger charge is 2.20. The lowest BCUT2D eigenvalue weighted by Crippen LogP contribution is -2.24. The van der Waals surface area contributed by atoms with Crippen LogP contribution >= 0.6 is 0 Å². The summed E-state index contributed by atoms with van der Waals surface area (Å²) in [6, 6.07) is 4.50. The molecule has 0 saturated carbocycles. The number of carbonyl (C=O) groups excluding carboxylic acids is 1. The van der Waals surface area contributed by atoms with E-state index in [2.05, 4.69) is 31.4 Å². The zero-order valence-corrected chi connectivity index (χ0v) is 13.0. The van der Waals surface area contributed by atoms with E-state index in [0.29, 0.717) is 24.3 Å². The van der Waals surface area contributed by atoms with Crippen LogP contribution in [0.3, 0.4) is 0 Å². The summed E-state index contributed by atoms with van der Waals surface area (Å²) in [6.07, 6.45) is 0.963. The Hall–Kier alpha value is -2.11. The van der Waals surface area contributed by atoms with Crippen molar-refractivity contribution in [3.05, 3.63) is 33.9 Å². The highest BCUT2D eigenvalue weighted by Crippen LogP contribution is 2.28. The van der Waals surface area contributed by atoms with Gasteiger partial charge in [0, 0.05) is 24.7 Å². The molecule has 1 aromatic carbocycles. The fourth-order valence-electron chi connectivity index (χ4n) is 1.70. The van der Waals surface area contributed by atoms with Gasteiger partial charge in [0.05, 0.1) is 4.92 Å². The molecule has 0 aliphatic rings. The number of rotatable bonds is 7. The molecule has 116 valence electrons. The molecule has 0 saturated heterocycles. The molecular formula is C15H23N3O3. The lowest BCUT2D eigenvalue weighted by atomic mass is 9.90. The van der Waals surface area contributed by atoms with Gasteiger partial charge in [-0.05, 0) is 30.9 Å². The first-order chi connectivity index (χ1) is 9.80. The zero-order valence-electron chi connectivity index (χ0n) is 13.0. The minimum absolute atomic E-state index is 0.0477. The smallest absolute Gasteiger partial charge is 0.293 e. The van der Waals surface area contributed by atoms with Crippen LogP contribution in [0.1, 0.15) is 44.5 Å². The molecule has 0 atom stereocenters. The van der Waals surface area contributed by atoms with Crippen LogP contribution in [0.2, 0.25) is 0 Å². The van der Waals surface area contributed by atoms with Gasteiger partial charge >= 0.3 is 0 Å². The third-order valence-corrected chi connectivity index (χ3v) is 3.51. The van der Waals surface area contributed by atoms with Crippen LogP contribution in [0.5, 0.6) is 0 Å². The minimum Gasteiger partial charge on any atom is -0.379 e. The number of benzene rings is 1. The Labute approximate surface area is 125 Å². The normalized spacial score (nSPS) is 11.0. The van der Waals surface area contributed by atoms with E-state index >= 15 is 0 Å². The second-order valence-corrected chi connectivity index (χ2v) is 5.72. The van der Waals surface area contributed by atoms with Gasteiger partial charge in [0.15, 0.2) is 0 Å². The number of hydrogen-bond donors (Lipinski definition) is 2. The van der Waals surface area contributed by atoms with Crippen molar-refractivity contribution in [3.8, 4) is 0 Å². The first-order valence-corrected chi connectivity index (χ1v) is 7.11. The summed E-state index contributed by atoms with van der Waals surface area (Å²) in [4.78, 5) is 22.5. The molecule has 6 heteroatoms. The molecule has 1 aromatic rings. The van der Waals surface area contributed by atoms with E-state index in [1.165, 1.54) is 6.07 Å². The van der Waals surface area contributed by atoms with E-state index in [0.717, 1.165) is 6.42 Å². The Morgan fingerprint density at radius 3 is 2.52 bits per heavy atom. The van der Waals surface area contributed by atoms with E-state index in [1.54, 1.807) is 19.1 Å². The first-order valence-electron chi connectivity index (χ1n) is 7.11. The lowest BCUT2D eigenvalue weighted by Gasteiger charge is -2.23. The number of hydrogen-bond acceptors (Lipinski definition) is 4. The molecule has 0 unspecified atom stereocenters. The molecule has 0 bridgehead atoms. The van der Waals surface area contributed by atoms with Gasteiger partial charge < -0.3 is 10.6 Å². The Kier molecular flexibility index (Phi) is 5.69. The van der Waals surface area contributed by atoms with Crippen molar-refractivity contribution in [2.45, 2.75) is 34.1 Å². The van der Waals surface area contributed by atoms with Gasteiger partial charge in [-0.25, -0.2) is 0 Å². The average Bonchev–Trinajstić information content (AvgIpc) is 2.45. The number of amides is 1. The molecule has 0 spiro atoms. The van der Waals surface area contributed by atoms with E-state index in [1.807, 2.05) is 0 Å². The third-order valence-electron chi connectivity index (χ3n) is 3.51. The highest BCUT2D eigenvalue weighted by molar-refractivity contribution is 5.95. The predicted molar refractivity (Wildman–Crippen MR) is 83.7 cm³/mol. The van der Waals surface area contributed by atoms with Gasteiger partial charge in [0.25, 0.3) is 11.6 Å². The molecule has 0 heterocycles. The van der Waals surface area contributed by atoms with Crippen LogP contribution in [-0.4, -0.2) is 23.9 Å². The summed E-state index contributed by atoms with van der Waals surface area (Å²) in [5.74, 6) is -0.305. The minimum atomic E-state index is -0.468. The largest absolute Gasteiger partial charge is 0.379 e. The number of nitro benzene ring substituents is 1. The molecule has 1 rings (SSSR count). The SMILES string of the molecule is CCNC(=O)c1ccc(NCC(C)(C)CC)c([N+](=O)[O-])c1. The second-order valence-electron chi connectivity index (χ2n) is 5.72. The van der Waals surface area contributed by atoms with Crippen LogP contribution < -0.4 is 10.6 Å². The maximum atomic E-state index is 11.7. The van der Waals surface area contributed by atoms with Gasteiger partial charge in [-0.3, -0.25) is 14.9 Å². The highest BCUT2D eigenvalue weighted by atomic mass is 16.6. The van der Waals surface area contributed by atoms with Crippen molar-refractivity contribution in [2.75, 3.05) is 18.4 Å². The standard InChI is InChI=1S/C15H23N3O3/c1-5-15(3,4)10-17-12-8-7-11(14(19)16-6-2)9-13(12)18(20)21/h7-9,17H,5-6,10H2,1-4H3,(H,16,19). The number of nitrogens with zero attached hydrogens (tertiary/aromatic N) is 1. The third kappa shape index (κ3) is 4.73. The summed E-state index contributed by atoms with van der Waals surface area (Å²) >= 11 is 0. The van der Waals surface area contributed by atoms with E-state index in [4.69, 9.17) is 0 Å². The monoisotopic (exact) mass is 293 g/mol. The Balaban J connectivity index is 3.00. The average molecular weight is 293 g/mol. The van der Waals surface area contributed by atoms with Crippen molar-refractivity contribution < 1.29 is 9.72 Å². The summed E-state index contributed by atoms with van der Waals surface area (Å²) in [7, 11) is 0. The van der Waals surface area contributed by atoms with E-state index in [-0.39, 0.29) is 17.0 Å². The van der Waals surface area contributed by atoms with E-state index < -0.39 is 4.92 Å².